The van der Waals surface area contributed by atoms with Crippen LogP contribution >= 0.6 is 0 Å². The van der Waals surface area contributed by atoms with Crippen molar-refractivity contribution in [3.8, 4) is 5.88 Å². The van der Waals surface area contributed by atoms with Crippen LogP contribution in [0.4, 0.5) is 18.9 Å². The van der Waals surface area contributed by atoms with E-state index >= 15 is 0 Å². The summed E-state index contributed by atoms with van der Waals surface area (Å²) in [6.07, 6.45) is 0.273. The molecule has 0 bridgehead atoms. The number of hydrogen-bond acceptors (Lipinski definition) is 5. The fraction of sp³-hybridized carbons (Fsp3) is 0.368. The van der Waals surface area contributed by atoms with Crippen LogP contribution in [0.2, 0.25) is 0 Å². The summed E-state index contributed by atoms with van der Waals surface area (Å²) in [5, 5.41) is 11.4. The van der Waals surface area contributed by atoms with Crippen molar-refractivity contribution in [1.29, 1.82) is 0 Å². The Morgan fingerprint density at radius 3 is 2.57 bits per heavy atom. The Balaban J connectivity index is 1.55. The first-order chi connectivity index (χ1) is 13.4. The average Bonchev–Trinajstić information content (AvgIpc) is 3.03. The molecule has 0 unspecified atom stereocenters. The SMILES string of the molecule is Oc1c2c(N3CCOCC3)ccnc2cn1CCc1ccc(C(F)(F)F)cn1. The third kappa shape index (κ3) is 3.62. The molecule has 6 nitrogen and oxygen atoms in total. The number of ether oxygens (including phenoxy) is 1. The topological polar surface area (TPSA) is 63.4 Å². The molecule has 0 spiro atoms. The Bertz CT molecular complexity index is 964. The van der Waals surface area contributed by atoms with Crippen LogP contribution in [0, 0.1) is 0 Å². The Morgan fingerprint density at radius 1 is 1.11 bits per heavy atom. The minimum absolute atomic E-state index is 0.0940. The molecule has 28 heavy (non-hydrogen) atoms. The summed E-state index contributed by atoms with van der Waals surface area (Å²) >= 11 is 0. The van der Waals surface area contributed by atoms with Gasteiger partial charge < -0.3 is 19.3 Å². The molecule has 3 aromatic heterocycles. The van der Waals surface area contributed by atoms with Crippen molar-refractivity contribution in [2.75, 3.05) is 31.2 Å². The number of hydrogen-bond donors (Lipinski definition) is 1. The standard InChI is InChI=1S/C19H19F3N4O2/c20-19(21,22)13-1-2-14(24-11-13)4-6-26-12-15-17(18(26)27)16(3-5-23-15)25-7-9-28-10-8-25/h1-3,5,11-12,27H,4,6-10H2. The second-order valence-electron chi connectivity index (χ2n) is 6.62. The van der Waals surface area contributed by atoms with Gasteiger partial charge in [0.2, 0.25) is 5.88 Å². The van der Waals surface area contributed by atoms with E-state index in [4.69, 9.17) is 4.74 Å². The van der Waals surface area contributed by atoms with Crippen molar-refractivity contribution in [2.45, 2.75) is 19.1 Å². The lowest BCUT2D eigenvalue weighted by Gasteiger charge is -2.29. The van der Waals surface area contributed by atoms with Crippen LogP contribution in [-0.2, 0) is 23.9 Å². The van der Waals surface area contributed by atoms with E-state index in [1.807, 2.05) is 6.07 Å². The van der Waals surface area contributed by atoms with Crippen LogP contribution in [0.3, 0.4) is 0 Å². The van der Waals surface area contributed by atoms with Crippen molar-refractivity contribution in [3.05, 3.63) is 48.0 Å². The number of morpholine rings is 1. The van der Waals surface area contributed by atoms with E-state index in [2.05, 4.69) is 14.9 Å². The molecule has 4 heterocycles. The van der Waals surface area contributed by atoms with Crippen molar-refractivity contribution in [1.82, 2.24) is 14.5 Å². The number of fused-ring (bicyclic) bond motifs is 1. The first-order valence-electron chi connectivity index (χ1n) is 8.95. The van der Waals surface area contributed by atoms with E-state index in [0.29, 0.717) is 42.8 Å². The molecule has 9 heteroatoms. The van der Waals surface area contributed by atoms with Crippen molar-refractivity contribution < 1.29 is 23.0 Å². The highest BCUT2D eigenvalue weighted by molar-refractivity contribution is 5.96. The lowest BCUT2D eigenvalue weighted by Crippen LogP contribution is -2.36. The third-order valence-corrected chi connectivity index (χ3v) is 4.84. The Morgan fingerprint density at radius 2 is 1.89 bits per heavy atom. The zero-order valence-corrected chi connectivity index (χ0v) is 15.0. The van der Waals surface area contributed by atoms with Crippen LogP contribution in [0.15, 0.2) is 36.8 Å². The zero-order chi connectivity index (χ0) is 19.7. The number of pyridine rings is 2. The number of aromatic hydroxyl groups is 1. The molecule has 1 aliphatic rings. The lowest BCUT2D eigenvalue weighted by molar-refractivity contribution is -0.137. The van der Waals surface area contributed by atoms with E-state index in [1.54, 1.807) is 17.0 Å². The Kier molecular flexibility index (Phi) is 4.84. The van der Waals surface area contributed by atoms with Gasteiger partial charge >= 0.3 is 6.18 Å². The van der Waals surface area contributed by atoms with E-state index in [1.165, 1.54) is 6.07 Å². The molecule has 4 rings (SSSR count). The Labute approximate surface area is 159 Å². The van der Waals surface area contributed by atoms with Gasteiger partial charge in [-0.2, -0.15) is 13.2 Å². The first kappa shape index (κ1) is 18.5. The summed E-state index contributed by atoms with van der Waals surface area (Å²) in [6, 6.07) is 4.25. The number of nitrogens with zero attached hydrogens (tertiary/aromatic N) is 4. The predicted octanol–water partition coefficient (Wildman–Crippen LogP) is 3.24. The Hall–Kier alpha value is -2.81. The van der Waals surface area contributed by atoms with Gasteiger partial charge in [-0.3, -0.25) is 9.97 Å². The highest BCUT2D eigenvalue weighted by Crippen LogP contribution is 2.35. The van der Waals surface area contributed by atoms with Crippen LogP contribution < -0.4 is 4.90 Å². The van der Waals surface area contributed by atoms with Crippen LogP contribution in [-0.4, -0.2) is 45.9 Å². The highest BCUT2D eigenvalue weighted by atomic mass is 19.4. The van der Waals surface area contributed by atoms with E-state index in [9.17, 15) is 18.3 Å². The monoisotopic (exact) mass is 392 g/mol. The summed E-state index contributed by atoms with van der Waals surface area (Å²) in [6.45, 7) is 3.11. The minimum atomic E-state index is -4.40. The number of alkyl halides is 3. The van der Waals surface area contributed by atoms with Crippen LogP contribution in [0.25, 0.3) is 10.9 Å². The molecule has 0 aromatic carbocycles. The van der Waals surface area contributed by atoms with Crippen molar-refractivity contribution >= 4 is 16.6 Å². The van der Waals surface area contributed by atoms with Crippen LogP contribution in [0.5, 0.6) is 5.88 Å². The van der Waals surface area contributed by atoms with Gasteiger partial charge in [0.05, 0.1) is 35.4 Å². The molecule has 0 radical (unpaired) electrons. The molecule has 0 atom stereocenters. The maximum absolute atomic E-state index is 12.6. The van der Waals surface area contributed by atoms with Crippen molar-refractivity contribution in [3.63, 3.8) is 0 Å². The van der Waals surface area contributed by atoms with Crippen LogP contribution in [0.1, 0.15) is 11.3 Å². The smallest absolute Gasteiger partial charge is 0.417 e. The summed E-state index contributed by atoms with van der Waals surface area (Å²) in [5.74, 6) is 0.0940. The largest absolute Gasteiger partial charge is 0.494 e. The number of anilines is 1. The molecule has 3 aromatic rings. The highest BCUT2D eigenvalue weighted by Gasteiger charge is 2.30. The van der Waals surface area contributed by atoms with E-state index in [-0.39, 0.29) is 5.88 Å². The van der Waals surface area contributed by atoms with Gasteiger partial charge in [-0.05, 0) is 18.2 Å². The number of aryl methyl sites for hydroxylation is 2. The summed E-state index contributed by atoms with van der Waals surface area (Å²) < 4.78 is 44.9. The summed E-state index contributed by atoms with van der Waals surface area (Å²) in [7, 11) is 0. The average molecular weight is 392 g/mol. The lowest BCUT2D eigenvalue weighted by atomic mass is 10.2. The van der Waals surface area contributed by atoms with Gasteiger partial charge in [-0.1, -0.05) is 0 Å². The van der Waals surface area contributed by atoms with Gasteiger partial charge in [0.1, 0.15) is 0 Å². The molecule has 1 aliphatic heterocycles. The molecule has 0 aliphatic carbocycles. The third-order valence-electron chi connectivity index (χ3n) is 4.84. The fourth-order valence-electron chi connectivity index (χ4n) is 3.36. The second kappa shape index (κ2) is 7.31. The normalized spacial score (nSPS) is 15.3. The summed E-state index contributed by atoms with van der Waals surface area (Å²) in [4.78, 5) is 10.4. The zero-order valence-electron chi connectivity index (χ0n) is 15.0. The molecule has 148 valence electrons. The number of rotatable bonds is 4. The minimum Gasteiger partial charge on any atom is -0.494 e. The summed E-state index contributed by atoms with van der Waals surface area (Å²) in [5.41, 5.74) is 1.32. The number of halogens is 3. The van der Waals surface area contributed by atoms with Gasteiger partial charge in [-0.15, -0.1) is 0 Å². The van der Waals surface area contributed by atoms with Gasteiger partial charge in [0.25, 0.3) is 0 Å². The predicted molar refractivity (Wildman–Crippen MR) is 97.4 cm³/mol. The molecule has 1 saturated heterocycles. The molecule has 1 N–H and O–H groups in total. The molecule has 0 amide bonds. The molecule has 1 fully saturated rings. The quantitative estimate of drug-likeness (QED) is 0.739. The molecular formula is C19H19F3N4O2. The van der Waals surface area contributed by atoms with Gasteiger partial charge in [0.15, 0.2) is 0 Å². The maximum atomic E-state index is 12.6. The van der Waals surface area contributed by atoms with Gasteiger partial charge in [-0.25, -0.2) is 0 Å². The van der Waals surface area contributed by atoms with Crippen molar-refractivity contribution in [2.24, 2.45) is 0 Å². The molecular weight excluding hydrogens is 373 g/mol. The van der Waals surface area contributed by atoms with E-state index in [0.717, 1.165) is 31.0 Å². The second-order valence-corrected chi connectivity index (χ2v) is 6.62. The first-order valence-corrected chi connectivity index (χ1v) is 8.95. The fourth-order valence-corrected chi connectivity index (χ4v) is 3.36. The molecule has 0 saturated carbocycles. The maximum Gasteiger partial charge on any atom is 0.417 e. The number of aromatic nitrogens is 3. The van der Waals surface area contributed by atoms with Gasteiger partial charge in [0, 0.05) is 50.3 Å². The van der Waals surface area contributed by atoms with E-state index < -0.39 is 11.7 Å².